The maximum Gasteiger partial charge on any atom is 0.322 e. The predicted molar refractivity (Wildman–Crippen MR) is 97.3 cm³/mol. The van der Waals surface area contributed by atoms with E-state index in [2.05, 4.69) is 10.6 Å². The van der Waals surface area contributed by atoms with Crippen LogP contribution in [-0.4, -0.2) is 36.4 Å². The molecule has 0 bridgehead atoms. The minimum Gasteiger partial charge on any atom is -0.497 e. The second-order valence-electron chi connectivity index (χ2n) is 6.86. The molecular weight excluding hydrogens is 346 g/mol. The average molecular weight is 365 g/mol. The molecule has 2 aromatic rings. The molecule has 0 radical (unpaired) electrons. The summed E-state index contributed by atoms with van der Waals surface area (Å²) in [5.74, 6) is -0.0499. The van der Waals surface area contributed by atoms with Crippen LogP contribution in [0.3, 0.4) is 0 Å². The summed E-state index contributed by atoms with van der Waals surface area (Å²) < 4.78 is 5.20. The van der Waals surface area contributed by atoms with Gasteiger partial charge in [-0.25, -0.2) is 4.79 Å². The molecule has 1 saturated heterocycles. The zero-order valence-corrected chi connectivity index (χ0v) is 15.0. The number of rotatable bonds is 4. The second-order valence-corrected chi connectivity index (χ2v) is 6.86. The van der Waals surface area contributed by atoms with E-state index >= 15 is 0 Å². The molecule has 2 heterocycles. The molecule has 1 fully saturated rings. The molecule has 1 atom stereocenters. The van der Waals surface area contributed by atoms with Crippen molar-refractivity contribution >= 4 is 17.8 Å². The summed E-state index contributed by atoms with van der Waals surface area (Å²) in [6, 6.07) is 12.1. The number of aryl methyl sites for hydroxylation is 1. The Morgan fingerprint density at radius 2 is 1.85 bits per heavy atom. The second kappa shape index (κ2) is 6.12. The number of hydrogen-bond acceptors (Lipinski definition) is 4. The topological polar surface area (TPSA) is 87.7 Å². The molecule has 7 heteroatoms. The summed E-state index contributed by atoms with van der Waals surface area (Å²) >= 11 is 0. The Kier molecular flexibility index (Phi) is 3.87. The van der Waals surface area contributed by atoms with Gasteiger partial charge in [-0.1, -0.05) is 35.9 Å². The summed E-state index contributed by atoms with van der Waals surface area (Å²) in [5.41, 5.74) is 1.78. The summed E-state index contributed by atoms with van der Waals surface area (Å²) in [7, 11) is 1.55. The number of urea groups is 1. The van der Waals surface area contributed by atoms with E-state index in [-0.39, 0.29) is 12.5 Å². The molecule has 2 N–H and O–H groups in total. The fourth-order valence-electron chi connectivity index (χ4n) is 3.62. The molecule has 138 valence electrons. The van der Waals surface area contributed by atoms with Crippen LogP contribution in [-0.2, 0) is 16.9 Å². The summed E-state index contributed by atoms with van der Waals surface area (Å²) in [5, 5.41) is 5.03. The molecule has 1 unspecified atom stereocenters. The van der Waals surface area contributed by atoms with Crippen LogP contribution in [0.4, 0.5) is 4.79 Å². The van der Waals surface area contributed by atoms with Gasteiger partial charge in [0.1, 0.15) is 5.75 Å². The summed E-state index contributed by atoms with van der Waals surface area (Å²) in [4.78, 5) is 39.1. The van der Waals surface area contributed by atoms with Gasteiger partial charge in [0.15, 0.2) is 5.54 Å². The first kappa shape index (κ1) is 17.1. The summed E-state index contributed by atoms with van der Waals surface area (Å²) in [6.45, 7) is 2.36. The molecule has 4 rings (SSSR count). The monoisotopic (exact) mass is 365 g/mol. The highest BCUT2D eigenvalue weighted by Gasteiger charge is 2.50. The van der Waals surface area contributed by atoms with E-state index in [1.54, 1.807) is 36.3 Å². The van der Waals surface area contributed by atoms with Crippen molar-refractivity contribution < 1.29 is 19.1 Å². The van der Waals surface area contributed by atoms with Gasteiger partial charge in [0.05, 0.1) is 13.7 Å². The zero-order chi connectivity index (χ0) is 19.2. The van der Waals surface area contributed by atoms with Crippen LogP contribution in [0.1, 0.15) is 27.0 Å². The lowest BCUT2D eigenvalue weighted by Crippen LogP contribution is -2.52. The normalized spacial score (nSPS) is 21.1. The molecule has 2 aromatic carbocycles. The number of benzene rings is 2. The van der Waals surface area contributed by atoms with Gasteiger partial charge < -0.3 is 15.0 Å². The SMILES string of the molecule is COc1ccc2c(c1)C(=O)N(CC1(c3ccc(C)cc3)NC(=O)NC1=O)C2. The lowest BCUT2D eigenvalue weighted by molar-refractivity contribution is -0.124. The van der Waals surface area contributed by atoms with Gasteiger partial charge in [0.25, 0.3) is 11.8 Å². The van der Waals surface area contributed by atoms with E-state index in [0.717, 1.165) is 11.1 Å². The van der Waals surface area contributed by atoms with Crippen LogP contribution in [0, 0.1) is 6.92 Å². The highest BCUT2D eigenvalue weighted by Crippen LogP contribution is 2.32. The summed E-state index contributed by atoms with van der Waals surface area (Å²) in [6.07, 6.45) is 0. The van der Waals surface area contributed by atoms with Crippen molar-refractivity contribution in [2.75, 3.05) is 13.7 Å². The van der Waals surface area contributed by atoms with E-state index in [1.165, 1.54) is 0 Å². The number of ether oxygens (including phenoxy) is 1. The van der Waals surface area contributed by atoms with Crippen molar-refractivity contribution in [1.29, 1.82) is 0 Å². The minimum atomic E-state index is -1.31. The Labute approximate surface area is 156 Å². The fraction of sp³-hybridized carbons (Fsp3) is 0.250. The van der Waals surface area contributed by atoms with E-state index in [4.69, 9.17) is 4.74 Å². The number of carbonyl (C=O) groups excluding carboxylic acids is 3. The Morgan fingerprint density at radius 1 is 1.11 bits per heavy atom. The first-order chi connectivity index (χ1) is 12.9. The van der Waals surface area contributed by atoms with Gasteiger partial charge >= 0.3 is 6.03 Å². The molecule has 2 aliphatic rings. The Morgan fingerprint density at radius 3 is 2.48 bits per heavy atom. The highest BCUT2D eigenvalue weighted by atomic mass is 16.5. The Hall–Kier alpha value is -3.35. The first-order valence-corrected chi connectivity index (χ1v) is 8.60. The van der Waals surface area contributed by atoms with Crippen molar-refractivity contribution in [3.63, 3.8) is 0 Å². The molecule has 0 aromatic heterocycles. The zero-order valence-electron chi connectivity index (χ0n) is 15.0. The highest BCUT2D eigenvalue weighted by molar-refractivity contribution is 6.08. The minimum absolute atomic E-state index is 0.0451. The maximum absolute atomic E-state index is 12.9. The van der Waals surface area contributed by atoms with Gasteiger partial charge in [-0.2, -0.15) is 0 Å². The molecule has 2 aliphatic heterocycles. The average Bonchev–Trinajstić information content (AvgIpc) is 3.12. The standard InChI is InChI=1S/C20H19N3O4/c1-12-3-6-14(7-4-12)20(18(25)21-19(26)22-20)11-23-10-13-5-8-15(27-2)9-16(13)17(23)24/h3-9H,10-11H2,1-2H3,(H2,21,22,25,26). The quantitative estimate of drug-likeness (QED) is 0.808. The van der Waals surface area contributed by atoms with Crippen molar-refractivity contribution in [3.8, 4) is 5.75 Å². The Balaban J connectivity index is 1.69. The fourth-order valence-corrected chi connectivity index (χ4v) is 3.62. The van der Waals surface area contributed by atoms with Gasteiger partial charge in [-0.05, 0) is 30.2 Å². The molecule has 4 amide bonds. The lowest BCUT2D eigenvalue weighted by atomic mass is 9.88. The van der Waals surface area contributed by atoms with Gasteiger partial charge in [-0.3, -0.25) is 14.9 Å². The number of methoxy groups -OCH3 is 1. The number of nitrogens with zero attached hydrogens (tertiary/aromatic N) is 1. The number of carbonyl (C=O) groups is 3. The van der Waals surface area contributed by atoms with Crippen molar-refractivity contribution in [2.45, 2.75) is 19.0 Å². The maximum atomic E-state index is 12.9. The first-order valence-electron chi connectivity index (χ1n) is 8.60. The third-order valence-corrected chi connectivity index (χ3v) is 5.11. The van der Waals surface area contributed by atoms with Gasteiger partial charge in [0.2, 0.25) is 0 Å². The van der Waals surface area contributed by atoms with Crippen molar-refractivity contribution in [2.24, 2.45) is 0 Å². The van der Waals surface area contributed by atoms with Gasteiger partial charge in [0, 0.05) is 12.1 Å². The van der Waals surface area contributed by atoms with E-state index in [1.807, 2.05) is 25.1 Å². The third kappa shape index (κ3) is 2.71. The number of fused-ring (bicyclic) bond motifs is 1. The molecule has 0 saturated carbocycles. The molecular formula is C20H19N3O4. The Bertz CT molecular complexity index is 954. The van der Waals surface area contributed by atoms with Crippen LogP contribution in [0.2, 0.25) is 0 Å². The largest absolute Gasteiger partial charge is 0.497 e. The van der Waals surface area contributed by atoms with Crippen LogP contribution in [0.5, 0.6) is 5.75 Å². The van der Waals surface area contributed by atoms with E-state index < -0.39 is 17.5 Å². The van der Waals surface area contributed by atoms with Crippen LogP contribution >= 0.6 is 0 Å². The smallest absolute Gasteiger partial charge is 0.322 e. The number of amides is 4. The number of imide groups is 1. The molecule has 7 nitrogen and oxygen atoms in total. The third-order valence-electron chi connectivity index (χ3n) is 5.11. The van der Waals surface area contributed by atoms with Crippen molar-refractivity contribution in [3.05, 3.63) is 64.7 Å². The lowest BCUT2D eigenvalue weighted by Gasteiger charge is -2.31. The van der Waals surface area contributed by atoms with E-state index in [0.29, 0.717) is 23.4 Å². The van der Waals surface area contributed by atoms with Crippen LogP contribution < -0.4 is 15.4 Å². The number of nitrogens with one attached hydrogen (secondary N) is 2. The predicted octanol–water partition coefficient (Wildman–Crippen LogP) is 1.69. The van der Waals surface area contributed by atoms with Gasteiger partial charge in [-0.15, -0.1) is 0 Å². The number of hydrogen-bond donors (Lipinski definition) is 2. The molecule has 0 spiro atoms. The molecule has 0 aliphatic carbocycles. The van der Waals surface area contributed by atoms with Crippen LogP contribution in [0.25, 0.3) is 0 Å². The van der Waals surface area contributed by atoms with Crippen molar-refractivity contribution in [1.82, 2.24) is 15.5 Å². The van der Waals surface area contributed by atoms with Crippen LogP contribution in [0.15, 0.2) is 42.5 Å². The van der Waals surface area contributed by atoms with E-state index in [9.17, 15) is 14.4 Å². The molecule has 27 heavy (non-hydrogen) atoms.